The molecule has 0 aromatic carbocycles. The van der Waals surface area contributed by atoms with Crippen molar-refractivity contribution < 1.29 is 22.6 Å². The number of halogens is 2. The second-order valence-electron chi connectivity index (χ2n) is 1.86. The first-order valence-electron chi connectivity index (χ1n) is 2.51. The molecule has 1 rings (SSSR count). The standard InChI is InChI=1S/C5H5.CH3.2FH.Os/c1-2-4-5-3-1;;;;/h1-3H,4H2;1H3;2*1H;/q;;;;+2/p-2. The van der Waals surface area contributed by atoms with E-state index in [4.69, 9.17) is 0 Å². The zero-order chi connectivity index (χ0) is 6.91. The van der Waals surface area contributed by atoms with Crippen LogP contribution in [-0.4, -0.2) is 0 Å². The summed E-state index contributed by atoms with van der Waals surface area (Å²) >= 11 is -4.45. The van der Waals surface area contributed by atoms with Gasteiger partial charge in [0.2, 0.25) is 0 Å². The van der Waals surface area contributed by atoms with Crippen LogP contribution in [-0.2, 0) is 16.0 Å². The van der Waals surface area contributed by atoms with Gasteiger partial charge in [-0.15, -0.1) is 0 Å². The molecule has 0 atom stereocenters. The molecule has 0 aromatic rings. The van der Waals surface area contributed by atoms with E-state index in [1.54, 1.807) is 18.2 Å². The van der Waals surface area contributed by atoms with Gasteiger partial charge >= 0.3 is 56.9 Å². The molecule has 0 N–H and O–H groups in total. The van der Waals surface area contributed by atoms with E-state index >= 15 is 0 Å². The molecule has 54 valence electrons. The third-order valence-electron chi connectivity index (χ3n) is 1.12. The molecule has 0 unspecified atom stereocenters. The topological polar surface area (TPSA) is 0 Å². The summed E-state index contributed by atoms with van der Waals surface area (Å²) in [5.74, 6) is 0. The molecule has 3 heteroatoms. The van der Waals surface area contributed by atoms with E-state index in [-0.39, 0.29) is 0 Å². The van der Waals surface area contributed by atoms with E-state index in [0.29, 0.717) is 10.5 Å². The minimum absolute atomic E-state index is 0.405. The summed E-state index contributed by atoms with van der Waals surface area (Å²) in [6.07, 6.45) is 5.54. The summed E-state index contributed by atoms with van der Waals surface area (Å²) in [4.78, 5) is 0. The van der Waals surface area contributed by atoms with Gasteiger partial charge in [0.05, 0.1) is 0 Å². The van der Waals surface area contributed by atoms with Crippen LogP contribution in [0.5, 0.6) is 0 Å². The Morgan fingerprint density at radius 2 is 2.22 bits per heavy atom. The van der Waals surface area contributed by atoms with Gasteiger partial charge in [-0.2, -0.15) is 0 Å². The minimum atomic E-state index is -4.45. The van der Waals surface area contributed by atoms with Gasteiger partial charge in [-0.1, -0.05) is 0 Å². The van der Waals surface area contributed by atoms with Crippen LogP contribution in [0, 0.1) is 0 Å². The van der Waals surface area contributed by atoms with Crippen LogP contribution in [0.15, 0.2) is 22.4 Å². The molecular formula is C6H8F2Os. The Bertz CT molecular complexity index is 164. The van der Waals surface area contributed by atoms with E-state index in [0.717, 1.165) is 5.48 Å². The predicted molar refractivity (Wildman–Crippen MR) is 29.9 cm³/mol. The van der Waals surface area contributed by atoms with Gasteiger partial charge in [0, 0.05) is 0 Å². The Morgan fingerprint density at radius 3 is 2.44 bits per heavy atom. The Labute approximate surface area is 57.3 Å². The Hall–Kier alpha value is -0.0236. The zero-order valence-corrected chi connectivity index (χ0v) is 7.59. The second-order valence-corrected chi connectivity index (χ2v) is 8.00. The predicted octanol–water partition coefficient (Wildman–Crippen LogP) is 2.80. The fourth-order valence-corrected chi connectivity index (χ4v) is 2.84. The van der Waals surface area contributed by atoms with Crippen molar-refractivity contribution in [3.63, 3.8) is 0 Å². The summed E-state index contributed by atoms with van der Waals surface area (Å²) < 4.78 is 25.4. The van der Waals surface area contributed by atoms with E-state index in [2.05, 4.69) is 0 Å². The normalized spacial score (nSPS) is 20.1. The number of rotatable bonds is 1. The first kappa shape index (κ1) is 7.09. The Kier molecular flexibility index (Phi) is 1.82. The maximum atomic E-state index is 12.5. The van der Waals surface area contributed by atoms with Crippen molar-refractivity contribution in [2.75, 3.05) is 0 Å². The monoisotopic (exact) mass is 310 g/mol. The Morgan fingerprint density at radius 1 is 1.56 bits per heavy atom. The van der Waals surface area contributed by atoms with Crippen molar-refractivity contribution in [3.8, 4) is 0 Å². The van der Waals surface area contributed by atoms with Crippen LogP contribution in [0.3, 0.4) is 0 Å². The van der Waals surface area contributed by atoms with Crippen molar-refractivity contribution >= 4 is 0 Å². The van der Waals surface area contributed by atoms with Gasteiger partial charge in [0.1, 0.15) is 0 Å². The van der Waals surface area contributed by atoms with Crippen LogP contribution in [0.4, 0.5) is 6.57 Å². The SMILES string of the molecule is [CH3][Os]([F])([F])[C]1=CC=CC1. The van der Waals surface area contributed by atoms with Crippen LogP contribution in [0.1, 0.15) is 6.42 Å². The van der Waals surface area contributed by atoms with E-state index in [1.807, 2.05) is 0 Å². The molecule has 9 heavy (non-hydrogen) atoms. The first-order valence-corrected chi connectivity index (χ1v) is 8.25. The van der Waals surface area contributed by atoms with Crippen LogP contribution >= 0.6 is 0 Å². The quantitative estimate of drug-likeness (QED) is 0.699. The van der Waals surface area contributed by atoms with Crippen molar-refractivity contribution in [2.45, 2.75) is 11.9 Å². The molecule has 0 amide bonds. The second kappa shape index (κ2) is 2.31. The molecule has 1 aliphatic carbocycles. The average Bonchev–Trinajstić information content (AvgIpc) is 2.08. The molecule has 0 fully saturated rings. The van der Waals surface area contributed by atoms with Crippen LogP contribution < -0.4 is 0 Å². The third-order valence-corrected chi connectivity index (χ3v) is 4.92. The van der Waals surface area contributed by atoms with Gasteiger partial charge in [0.15, 0.2) is 0 Å². The fraction of sp³-hybridized carbons (Fsp3) is 0.333. The molecule has 0 saturated carbocycles. The van der Waals surface area contributed by atoms with Crippen molar-refractivity contribution in [3.05, 3.63) is 22.4 Å². The van der Waals surface area contributed by atoms with Crippen molar-refractivity contribution in [1.82, 2.24) is 0 Å². The molecular weight excluding hydrogens is 300 g/mol. The maximum absolute atomic E-state index is 12.5. The molecule has 0 saturated heterocycles. The summed E-state index contributed by atoms with van der Waals surface area (Å²) in [6.45, 7) is 0. The molecule has 0 nitrogen and oxygen atoms in total. The molecule has 0 radical (unpaired) electrons. The summed E-state index contributed by atoms with van der Waals surface area (Å²) in [7, 11) is 0. The summed E-state index contributed by atoms with van der Waals surface area (Å²) in [5, 5.41) is 0. The van der Waals surface area contributed by atoms with Gasteiger partial charge in [-0.3, -0.25) is 0 Å². The van der Waals surface area contributed by atoms with E-state index in [1.165, 1.54) is 0 Å². The zero-order valence-electron chi connectivity index (χ0n) is 5.05. The van der Waals surface area contributed by atoms with Crippen LogP contribution in [0.25, 0.3) is 0 Å². The first-order chi connectivity index (χ1) is 4.11. The number of hydrogen-bond acceptors (Lipinski definition) is 0. The summed E-state index contributed by atoms with van der Waals surface area (Å²) in [6, 6.07) is 0. The van der Waals surface area contributed by atoms with E-state index in [9.17, 15) is 6.57 Å². The molecule has 1 aliphatic rings. The fourth-order valence-electron chi connectivity index (χ4n) is 0.646. The third kappa shape index (κ3) is 1.69. The number of allylic oxidation sites excluding steroid dienone is 4. The molecule has 0 aliphatic heterocycles. The van der Waals surface area contributed by atoms with Gasteiger partial charge in [0.25, 0.3) is 0 Å². The summed E-state index contributed by atoms with van der Waals surface area (Å²) in [5.41, 5.74) is 1.12. The molecule has 0 bridgehead atoms. The van der Waals surface area contributed by atoms with Crippen molar-refractivity contribution in [1.29, 1.82) is 0 Å². The Balaban J connectivity index is 2.66. The van der Waals surface area contributed by atoms with Gasteiger partial charge < -0.3 is 0 Å². The number of hydrogen-bond donors (Lipinski definition) is 0. The molecule has 0 heterocycles. The molecule has 0 spiro atoms. The van der Waals surface area contributed by atoms with Gasteiger partial charge in [-0.05, 0) is 0 Å². The van der Waals surface area contributed by atoms with Gasteiger partial charge in [-0.25, -0.2) is 0 Å². The van der Waals surface area contributed by atoms with Crippen molar-refractivity contribution in [2.24, 2.45) is 0 Å². The van der Waals surface area contributed by atoms with E-state index < -0.39 is 16.0 Å². The van der Waals surface area contributed by atoms with Crippen LogP contribution in [0.2, 0.25) is 5.48 Å². The average molecular weight is 308 g/mol. The molecule has 0 aromatic heterocycles.